The van der Waals surface area contributed by atoms with Gasteiger partial charge < -0.3 is 4.42 Å². The summed E-state index contributed by atoms with van der Waals surface area (Å²) in [4.78, 5) is 26.5. The predicted octanol–water partition coefficient (Wildman–Crippen LogP) is 1.45. The zero-order chi connectivity index (χ0) is 14.7. The molecule has 0 aliphatic carbocycles. The largest absolute Gasteiger partial charge is 0.463 e. The first-order chi connectivity index (χ1) is 9.50. The fourth-order valence-electron chi connectivity index (χ4n) is 1.43. The van der Waals surface area contributed by atoms with E-state index in [0.29, 0.717) is 11.5 Å². The molecule has 0 aliphatic heterocycles. The van der Waals surface area contributed by atoms with E-state index in [4.69, 9.17) is 10.3 Å². The Morgan fingerprint density at radius 3 is 2.55 bits per heavy atom. The molecule has 2 N–H and O–H groups in total. The second kappa shape index (κ2) is 5.57. The number of alkyl halides is 2. The number of carbonyl (C=O) groups is 2. The van der Waals surface area contributed by atoms with E-state index in [2.05, 4.69) is 4.98 Å². The summed E-state index contributed by atoms with van der Waals surface area (Å²) in [6.45, 7) is 0. The monoisotopic (exact) mass is 281 g/mol. The van der Waals surface area contributed by atoms with Crippen LogP contribution < -0.4 is 5.84 Å². The van der Waals surface area contributed by atoms with E-state index in [1.165, 1.54) is 18.4 Å². The molecule has 2 rings (SSSR count). The van der Waals surface area contributed by atoms with E-state index in [-0.39, 0.29) is 10.6 Å². The fourth-order valence-corrected chi connectivity index (χ4v) is 1.43. The quantitative estimate of drug-likeness (QED) is 0.522. The Labute approximate surface area is 111 Å². The molecule has 2 heterocycles. The molecule has 6 nitrogen and oxygen atoms in total. The number of amides is 2. The molecule has 0 unspecified atom stereocenters. The second-order valence-corrected chi connectivity index (χ2v) is 3.72. The zero-order valence-electron chi connectivity index (χ0n) is 9.99. The van der Waals surface area contributed by atoms with Gasteiger partial charge in [0.05, 0.1) is 11.8 Å². The van der Waals surface area contributed by atoms with Gasteiger partial charge in [-0.15, -0.1) is 0 Å². The van der Waals surface area contributed by atoms with Crippen molar-refractivity contribution in [3.63, 3.8) is 0 Å². The van der Waals surface area contributed by atoms with E-state index in [9.17, 15) is 18.4 Å². The number of carbonyl (C=O) groups excluding carboxylic acids is 2. The Hall–Kier alpha value is -2.61. The molecule has 0 aromatic carbocycles. The van der Waals surface area contributed by atoms with Crippen molar-refractivity contribution in [3.8, 4) is 11.5 Å². The SMILES string of the molecule is NN(C(=O)c1ccc(-c2ccco2)nc1)C(=O)C(F)F. The summed E-state index contributed by atoms with van der Waals surface area (Å²) in [6.07, 6.45) is -0.767. The number of halogens is 2. The summed E-state index contributed by atoms with van der Waals surface area (Å²) in [7, 11) is 0. The van der Waals surface area contributed by atoms with Crippen molar-refractivity contribution in [2.45, 2.75) is 6.43 Å². The molecule has 0 bridgehead atoms. The van der Waals surface area contributed by atoms with Gasteiger partial charge in [-0.25, -0.2) is 10.9 Å². The molecule has 2 aromatic heterocycles. The number of hydrogen-bond acceptors (Lipinski definition) is 5. The Bertz CT molecular complexity index is 611. The number of rotatable bonds is 3. The number of hydrogen-bond donors (Lipinski definition) is 1. The highest BCUT2D eigenvalue weighted by Gasteiger charge is 2.27. The molecule has 0 saturated carbocycles. The van der Waals surface area contributed by atoms with Crippen LogP contribution in [0.1, 0.15) is 10.4 Å². The van der Waals surface area contributed by atoms with Gasteiger partial charge in [-0.2, -0.15) is 8.78 Å². The van der Waals surface area contributed by atoms with Crippen LogP contribution in [0, 0.1) is 0 Å². The van der Waals surface area contributed by atoms with Crippen molar-refractivity contribution in [3.05, 3.63) is 42.3 Å². The van der Waals surface area contributed by atoms with Gasteiger partial charge in [0, 0.05) is 6.20 Å². The van der Waals surface area contributed by atoms with Gasteiger partial charge in [0.1, 0.15) is 5.69 Å². The van der Waals surface area contributed by atoms with E-state index < -0.39 is 18.2 Å². The lowest BCUT2D eigenvalue weighted by molar-refractivity contribution is -0.140. The number of hydrazine groups is 1. The lowest BCUT2D eigenvalue weighted by Crippen LogP contribution is -2.45. The second-order valence-electron chi connectivity index (χ2n) is 3.72. The van der Waals surface area contributed by atoms with E-state index in [1.54, 1.807) is 12.1 Å². The first kappa shape index (κ1) is 13.8. The van der Waals surface area contributed by atoms with Crippen LogP contribution in [0.5, 0.6) is 0 Å². The fraction of sp³-hybridized carbons (Fsp3) is 0.0833. The molecule has 0 saturated heterocycles. The Balaban J connectivity index is 2.18. The first-order valence-corrected chi connectivity index (χ1v) is 5.42. The van der Waals surface area contributed by atoms with Crippen LogP contribution in [0.25, 0.3) is 11.5 Å². The molecular formula is C12H9F2N3O3. The smallest absolute Gasteiger partial charge is 0.317 e. The van der Waals surface area contributed by atoms with Crippen LogP contribution >= 0.6 is 0 Å². The Kier molecular flexibility index (Phi) is 3.85. The average molecular weight is 281 g/mol. The minimum Gasteiger partial charge on any atom is -0.463 e. The number of furan rings is 1. The van der Waals surface area contributed by atoms with Crippen molar-refractivity contribution >= 4 is 11.8 Å². The van der Waals surface area contributed by atoms with Crippen molar-refractivity contribution in [1.29, 1.82) is 0 Å². The summed E-state index contributed by atoms with van der Waals surface area (Å²) < 4.78 is 29.4. The maximum atomic E-state index is 12.2. The van der Waals surface area contributed by atoms with Crippen molar-refractivity contribution in [1.82, 2.24) is 9.99 Å². The molecule has 0 fully saturated rings. The lowest BCUT2D eigenvalue weighted by Gasteiger charge is -2.13. The lowest BCUT2D eigenvalue weighted by atomic mass is 10.2. The summed E-state index contributed by atoms with van der Waals surface area (Å²) in [5.74, 6) is 2.68. The predicted molar refractivity (Wildman–Crippen MR) is 63.3 cm³/mol. The minimum absolute atomic E-state index is 0.0863. The van der Waals surface area contributed by atoms with Gasteiger partial charge in [0.15, 0.2) is 5.76 Å². The van der Waals surface area contributed by atoms with Crippen LogP contribution in [-0.4, -0.2) is 28.2 Å². The van der Waals surface area contributed by atoms with E-state index in [0.717, 1.165) is 6.20 Å². The molecule has 0 atom stereocenters. The van der Waals surface area contributed by atoms with Gasteiger partial charge in [0.2, 0.25) is 0 Å². The standard InChI is InChI=1S/C12H9F2N3O3/c13-10(14)12(19)17(15)11(18)7-3-4-8(16-6-7)9-2-1-5-20-9/h1-6,10H,15H2. The number of pyridine rings is 1. The first-order valence-electron chi connectivity index (χ1n) is 5.42. The maximum absolute atomic E-state index is 12.2. The highest BCUT2D eigenvalue weighted by atomic mass is 19.3. The van der Waals surface area contributed by atoms with Crippen LogP contribution in [0.2, 0.25) is 0 Å². The molecule has 20 heavy (non-hydrogen) atoms. The number of imide groups is 1. The Morgan fingerprint density at radius 2 is 2.05 bits per heavy atom. The third-order valence-electron chi connectivity index (χ3n) is 2.43. The molecule has 2 amide bonds. The van der Waals surface area contributed by atoms with Gasteiger partial charge in [-0.3, -0.25) is 14.6 Å². The van der Waals surface area contributed by atoms with Gasteiger partial charge in [-0.05, 0) is 24.3 Å². The summed E-state index contributed by atoms with van der Waals surface area (Å²) >= 11 is 0. The van der Waals surface area contributed by atoms with Crippen LogP contribution in [0.15, 0.2) is 41.1 Å². The molecule has 2 aromatic rings. The van der Waals surface area contributed by atoms with Crippen LogP contribution in [-0.2, 0) is 4.79 Å². The van der Waals surface area contributed by atoms with Crippen molar-refractivity contribution in [2.75, 3.05) is 0 Å². The van der Waals surface area contributed by atoms with Crippen molar-refractivity contribution < 1.29 is 22.8 Å². The topological polar surface area (TPSA) is 89.4 Å². The van der Waals surface area contributed by atoms with Gasteiger partial charge in [-0.1, -0.05) is 0 Å². The third kappa shape index (κ3) is 2.69. The summed E-state index contributed by atoms with van der Waals surface area (Å²) in [6, 6.07) is 6.09. The summed E-state index contributed by atoms with van der Waals surface area (Å²) in [5.41, 5.74) is 0.368. The molecular weight excluding hydrogens is 272 g/mol. The minimum atomic E-state index is -3.35. The third-order valence-corrected chi connectivity index (χ3v) is 2.43. The number of aromatic nitrogens is 1. The van der Waals surface area contributed by atoms with Gasteiger partial charge in [0.25, 0.3) is 5.91 Å². The summed E-state index contributed by atoms with van der Waals surface area (Å²) in [5, 5.41) is -0.131. The maximum Gasteiger partial charge on any atom is 0.317 e. The normalized spacial score (nSPS) is 10.6. The highest BCUT2D eigenvalue weighted by Crippen LogP contribution is 2.17. The number of nitrogens with two attached hydrogens (primary N) is 1. The highest BCUT2D eigenvalue weighted by molar-refractivity contribution is 6.04. The molecule has 0 spiro atoms. The van der Waals surface area contributed by atoms with Crippen LogP contribution in [0.3, 0.4) is 0 Å². The average Bonchev–Trinajstić information content (AvgIpc) is 2.99. The van der Waals surface area contributed by atoms with E-state index >= 15 is 0 Å². The van der Waals surface area contributed by atoms with E-state index in [1.807, 2.05) is 0 Å². The molecule has 104 valence electrons. The van der Waals surface area contributed by atoms with Gasteiger partial charge >= 0.3 is 12.3 Å². The molecule has 8 heteroatoms. The van der Waals surface area contributed by atoms with Crippen molar-refractivity contribution in [2.24, 2.45) is 5.84 Å². The van der Waals surface area contributed by atoms with Crippen LogP contribution in [0.4, 0.5) is 8.78 Å². The zero-order valence-corrected chi connectivity index (χ0v) is 9.99. The molecule has 0 aliphatic rings. The Morgan fingerprint density at radius 1 is 1.30 bits per heavy atom. The number of nitrogens with zero attached hydrogens (tertiary/aromatic N) is 2. The molecule has 0 radical (unpaired) electrons.